The van der Waals surface area contributed by atoms with Gasteiger partial charge in [0.15, 0.2) is 11.4 Å². The van der Waals surface area contributed by atoms with Gasteiger partial charge in [-0.2, -0.15) is 0 Å². The molecular weight excluding hydrogens is 602 g/mol. The molecular formula is C38H50ClNO6. The van der Waals surface area contributed by atoms with Crippen LogP contribution in [0.1, 0.15) is 90.3 Å². The predicted molar refractivity (Wildman–Crippen MR) is 181 cm³/mol. The third-order valence-electron chi connectivity index (χ3n) is 10.4. The molecule has 0 radical (unpaired) electrons. The van der Waals surface area contributed by atoms with Crippen molar-refractivity contribution in [2.75, 3.05) is 24.6 Å². The molecule has 1 saturated carbocycles. The minimum absolute atomic E-state index is 0.145. The van der Waals surface area contributed by atoms with Crippen molar-refractivity contribution in [2.45, 2.75) is 103 Å². The second kappa shape index (κ2) is 13.3. The number of benzene rings is 2. The van der Waals surface area contributed by atoms with Gasteiger partial charge < -0.3 is 24.6 Å². The van der Waals surface area contributed by atoms with Crippen LogP contribution < -0.4 is 9.64 Å². The standard InChI is InChI=1S/C38H50ClNO6/c1-7-10-33(42)29-15-12-26(29)21-40-22-37(18-9-11-25-19-28(39)14-16-31(25)37)23-45-34-17-13-27(20-32(34)40)38(44,24(3)41)30(8-2)35(43)46-36(4,5)6/h7,10,13-14,16-17,19-20,26,29-30,33,42,44H,8-9,11-12,15,18,21-23H2,1-6H3/b10-7+/t26-,29+,30+,33-,37-,38+/m0/s1. The lowest BCUT2D eigenvalue weighted by molar-refractivity contribution is -0.175. The number of aryl methyl sites for hydroxylation is 1. The molecule has 1 spiro atoms. The molecule has 6 atom stereocenters. The SMILES string of the molecule is C/C=C/[C@H](O)[C@@H]1CC[C@H]1CN1C[C@@]2(CCCc3cc(Cl)ccc32)COc2ccc([C@](O)(C(C)=O)[C@H](CC)C(=O)OC(C)(C)C)cc21. The van der Waals surface area contributed by atoms with E-state index in [0.29, 0.717) is 31.0 Å². The summed E-state index contributed by atoms with van der Waals surface area (Å²) < 4.78 is 12.3. The molecule has 5 rings (SSSR count). The summed E-state index contributed by atoms with van der Waals surface area (Å²) in [5, 5.41) is 23.8. The predicted octanol–water partition coefficient (Wildman–Crippen LogP) is 6.92. The molecule has 250 valence electrons. The lowest BCUT2D eigenvalue weighted by Crippen LogP contribution is -2.49. The monoisotopic (exact) mass is 651 g/mol. The molecule has 3 aliphatic rings. The third-order valence-corrected chi connectivity index (χ3v) is 10.6. The molecule has 8 heteroatoms. The average molecular weight is 652 g/mol. The number of rotatable bonds is 9. The van der Waals surface area contributed by atoms with E-state index in [1.165, 1.54) is 18.1 Å². The van der Waals surface area contributed by atoms with Gasteiger partial charge >= 0.3 is 5.97 Å². The maximum Gasteiger partial charge on any atom is 0.313 e. The van der Waals surface area contributed by atoms with Gasteiger partial charge in [-0.3, -0.25) is 9.59 Å². The van der Waals surface area contributed by atoms with Crippen LogP contribution in [0.5, 0.6) is 5.75 Å². The number of anilines is 1. The van der Waals surface area contributed by atoms with Gasteiger partial charge in [0.1, 0.15) is 11.4 Å². The number of hydrogen-bond donors (Lipinski definition) is 2. The zero-order valence-corrected chi connectivity index (χ0v) is 28.9. The Labute approximate surface area is 278 Å². The van der Waals surface area contributed by atoms with Crippen molar-refractivity contribution < 1.29 is 29.3 Å². The number of allylic oxidation sites excluding steroid dienone is 1. The summed E-state index contributed by atoms with van der Waals surface area (Å²) in [7, 11) is 0. The van der Waals surface area contributed by atoms with Crippen molar-refractivity contribution in [3.8, 4) is 5.75 Å². The molecule has 2 aromatic rings. The van der Waals surface area contributed by atoms with Crippen LogP contribution in [0.25, 0.3) is 0 Å². The van der Waals surface area contributed by atoms with Gasteiger partial charge in [-0.05, 0) is 126 Å². The lowest BCUT2D eigenvalue weighted by Gasteiger charge is -2.45. The Morgan fingerprint density at radius 1 is 1.20 bits per heavy atom. The zero-order chi connectivity index (χ0) is 33.4. The first-order valence-corrected chi connectivity index (χ1v) is 17.2. The van der Waals surface area contributed by atoms with Crippen LogP contribution in [0.3, 0.4) is 0 Å². The largest absolute Gasteiger partial charge is 0.490 e. The number of hydrogen-bond acceptors (Lipinski definition) is 7. The topological polar surface area (TPSA) is 96.3 Å². The minimum Gasteiger partial charge on any atom is -0.490 e. The molecule has 0 bridgehead atoms. The highest BCUT2D eigenvalue weighted by Gasteiger charge is 2.49. The Balaban J connectivity index is 1.59. The van der Waals surface area contributed by atoms with Crippen LogP contribution in [0.4, 0.5) is 5.69 Å². The number of nitrogens with zero attached hydrogens (tertiary/aromatic N) is 1. The normalized spacial score (nSPS) is 25.4. The van der Waals surface area contributed by atoms with E-state index in [1.807, 2.05) is 37.3 Å². The van der Waals surface area contributed by atoms with E-state index in [9.17, 15) is 19.8 Å². The minimum atomic E-state index is -2.09. The molecule has 0 aromatic heterocycles. The van der Waals surface area contributed by atoms with Crippen molar-refractivity contribution in [2.24, 2.45) is 17.8 Å². The van der Waals surface area contributed by atoms with Gasteiger partial charge in [-0.25, -0.2) is 0 Å². The molecule has 0 unspecified atom stereocenters. The maximum absolute atomic E-state index is 13.4. The molecule has 46 heavy (non-hydrogen) atoms. The van der Waals surface area contributed by atoms with Gasteiger partial charge in [0.2, 0.25) is 0 Å². The number of ether oxygens (including phenoxy) is 2. The first kappa shape index (κ1) is 34.5. The van der Waals surface area contributed by atoms with Gasteiger partial charge in [0, 0.05) is 23.5 Å². The number of esters is 1. The van der Waals surface area contributed by atoms with Crippen molar-refractivity contribution in [1.82, 2.24) is 0 Å². The van der Waals surface area contributed by atoms with Crippen LogP contribution in [0, 0.1) is 17.8 Å². The first-order valence-electron chi connectivity index (χ1n) is 16.8. The smallest absolute Gasteiger partial charge is 0.313 e. The Morgan fingerprint density at radius 3 is 2.59 bits per heavy atom. The number of carbonyl (C=O) groups excluding carboxylic acids is 2. The van der Waals surface area contributed by atoms with E-state index in [0.717, 1.165) is 42.8 Å². The summed E-state index contributed by atoms with van der Waals surface area (Å²) >= 11 is 6.43. The Kier molecular flexibility index (Phi) is 9.98. The number of aliphatic hydroxyl groups is 2. The zero-order valence-electron chi connectivity index (χ0n) is 28.1. The average Bonchev–Trinajstić information content (AvgIpc) is 3.11. The Hall–Kier alpha value is -2.87. The quantitative estimate of drug-likeness (QED) is 0.224. The van der Waals surface area contributed by atoms with Crippen LogP contribution in [-0.4, -0.2) is 53.4 Å². The molecule has 1 fully saturated rings. The summed E-state index contributed by atoms with van der Waals surface area (Å²) in [5.41, 5.74) is 0.460. The molecule has 2 aromatic carbocycles. The molecule has 1 heterocycles. The van der Waals surface area contributed by atoms with Gasteiger partial charge in [0.25, 0.3) is 0 Å². The number of halogens is 1. The van der Waals surface area contributed by atoms with Crippen molar-refractivity contribution in [3.05, 3.63) is 70.3 Å². The molecule has 1 aliphatic heterocycles. The highest BCUT2D eigenvalue weighted by Crippen LogP contribution is 2.48. The lowest BCUT2D eigenvalue weighted by atomic mass is 9.68. The van der Waals surface area contributed by atoms with E-state index in [4.69, 9.17) is 21.1 Å². The maximum atomic E-state index is 13.4. The van der Waals surface area contributed by atoms with E-state index in [-0.39, 0.29) is 23.7 Å². The summed E-state index contributed by atoms with van der Waals surface area (Å²) in [5.74, 6) is -1.15. The summed E-state index contributed by atoms with van der Waals surface area (Å²) in [6, 6.07) is 11.5. The van der Waals surface area contributed by atoms with Gasteiger partial charge in [-0.1, -0.05) is 42.8 Å². The van der Waals surface area contributed by atoms with Crippen LogP contribution >= 0.6 is 11.6 Å². The van der Waals surface area contributed by atoms with E-state index in [1.54, 1.807) is 33.8 Å². The molecule has 0 saturated heterocycles. The van der Waals surface area contributed by atoms with Crippen molar-refractivity contribution in [3.63, 3.8) is 0 Å². The second-order valence-corrected chi connectivity index (χ2v) is 15.1. The summed E-state index contributed by atoms with van der Waals surface area (Å²) in [6.07, 6.45) is 8.35. The van der Waals surface area contributed by atoms with Gasteiger partial charge in [-0.15, -0.1) is 0 Å². The second-order valence-electron chi connectivity index (χ2n) is 14.6. The highest BCUT2D eigenvalue weighted by molar-refractivity contribution is 6.30. The highest BCUT2D eigenvalue weighted by atomic mass is 35.5. The van der Waals surface area contributed by atoms with Gasteiger partial charge in [0.05, 0.1) is 24.3 Å². The van der Waals surface area contributed by atoms with E-state index < -0.39 is 35.0 Å². The number of Topliss-reactive ketones (excluding diaryl/α,β-unsaturated/α-hetero) is 1. The fourth-order valence-corrected chi connectivity index (χ4v) is 8.10. The summed E-state index contributed by atoms with van der Waals surface area (Å²) in [6.45, 7) is 12.2. The number of carbonyl (C=O) groups is 2. The number of ketones is 1. The molecule has 0 amide bonds. The van der Waals surface area contributed by atoms with Crippen LogP contribution in [-0.2, 0) is 31.8 Å². The van der Waals surface area contributed by atoms with Crippen molar-refractivity contribution >= 4 is 29.0 Å². The molecule has 2 aliphatic carbocycles. The number of aliphatic hydroxyl groups excluding tert-OH is 1. The van der Waals surface area contributed by atoms with E-state index in [2.05, 4.69) is 17.0 Å². The third kappa shape index (κ3) is 6.61. The Morgan fingerprint density at radius 2 is 1.96 bits per heavy atom. The fraction of sp³-hybridized carbons (Fsp3) is 0.579. The number of fused-ring (bicyclic) bond motifs is 3. The molecule has 2 N–H and O–H groups in total. The fourth-order valence-electron chi connectivity index (χ4n) is 7.90. The first-order chi connectivity index (χ1) is 21.7. The molecule has 7 nitrogen and oxygen atoms in total. The van der Waals surface area contributed by atoms with Crippen molar-refractivity contribution in [1.29, 1.82) is 0 Å². The van der Waals surface area contributed by atoms with Crippen LogP contribution in [0.15, 0.2) is 48.6 Å². The summed E-state index contributed by atoms with van der Waals surface area (Å²) in [4.78, 5) is 29.1. The van der Waals surface area contributed by atoms with Crippen LogP contribution in [0.2, 0.25) is 5.02 Å². The Bertz CT molecular complexity index is 1480. The van der Waals surface area contributed by atoms with E-state index >= 15 is 0 Å².